The van der Waals surface area contributed by atoms with E-state index in [-0.39, 0.29) is 31.1 Å². The second kappa shape index (κ2) is 13.3. The smallest absolute Gasteiger partial charge is 0.312 e. The number of carboxylic acid groups (broad SMARTS) is 1. The molecule has 1 aromatic carbocycles. The molecular weight excluding hydrogens is 508 g/mol. The second-order valence-corrected chi connectivity index (χ2v) is 12.7. The zero-order valence-corrected chi connectivity index (χ0v) is 25.6. The van der Waals surface area contributed by atoms with Crippen LogP contribution in [0.2, 0.25) is 0 Å². The first-order chi connectivity index (χ1) is 18.4. The number of hydrogen-bond donors (Lipinski definition) is 1. The van der Waals surface area contributed by atoms with Crippen molar-refractivity contribution >= 4 is 17.9 Å². The van der Waals surface area contributed by atoms with Gasteiger partial charge in [-0.15, -0.1) is 0 Å². The average Bonchev–Trinajstić information content (AvgIpc) is 2.93. The first-order valence-electron chi connectivity index (χ1n) is 13.6. The Morgan fingerprint density at radius 2 is 1.35 bits per heavy atom. The minimum absolute atomic E-state index is 0.0694. The predicted molar refractivity (Wildman–Crippen MR) is 152 cm³/mol. The summed E-state index contributed by atoms with van der Waals surface area (Å²) in [7, 11) is 2.64. The van der Waals surface area contributed by atoms with Gasteiger partial charge in [0.25, 0.3) is 0 Å². The van der Waals surface area contributed by atoms with E-state index in [1.54, 1.807) is 13.8 Å². The molecule has 0 bridgehead atoms. The molecule has 4 unspecified atom stereocenters. The Kier molecular flexibility index (Phi) is 11.5. The fourth-order valence-electron chi connectivity index (χ4n) is 5.66. The lowest BCUT2D eigenvalue weighted by molar-refractivity contribution is -0.167. The maximum atomic E-state index is 13.6. The molecule has 0 spiro atoms. The zero-order valence-electron chi connectivity index (χ0n) is 25.6. The molecule has 8 heteroatoms. The van der Waals surface area contributed by atoms with Crippen LogP contribution in [0, 0.1) is 49.7 Å². The normalized spacial score (nSPS) is 17.1. The Balaban J connectivity index is 3.70. The van der Waals surface area contributed by atoms with E-state index in [4.69, 9.17) is 9.47 Å². The van der Waals surface area contributed by atoms with Gasteiger partial charge in [0.05, 0.1) is 42.6 Å². The van der Waals surface area contributed by atoms with E-state index in [0.29, 0.717) is 19.3 Å². The molecule has 0 saturated heterocycles. The first kappa shape index (κ1) is 34.6. The fraction of sp³-hybridized carbons (Fsp3) is 0.656. The van der Waals surface area contributed by atoms with Crippen molar-refractivity contribution in [3.05, 3.63) is 35.9 Å². The highest BCUT2D eigenvalue weighted by molar-refractivity contribution is 5.78. The van der Waals surface area contributed by atoms with Crippen molar-refractivity contribution in [2.75, 3.05) is 14.2 Å². The number of nitriles is 2. The molecule has 0 aliphatic carbocycles. The third-order valence-corrected chi connectivity index (χ3v) is 9.96. The number of benzene rings is 1. The number of aliphatic carboxylic acids is 1. The Bertz CT molecular complexity index is 1130. The highest BCUT2D eigenvalue weighted by Crippen LogP contribution is 2.59. The molecule has 0 aromatic heterocycles. The van der Waals surface area contributed by atoms with Gasteiger partial charge in [0, 0.05) is 12.8 Å². The van der Waals surface area contributed by atoms with Gasteiger partial charge in [-0.05, 0) is 68.8 Å². The Morgan fingerprint density at radius 3 is 1.80 bits per heavy atom. The average molecular weight is 555 g/mol. The monoisotopic (exact) mass is 554 g/mol. The van der Waals surface area contributed by atoms with E-state index in [2.05, 4.69) is 12.1 Å². The van der Waals surface area contributed by atoms with Crippen molar-refractivity contribution in [2.45, 2.75) is 92.9 Å². The Hall–Kier alpha value is -3.39. The van der Waals surface area contributed by atoms with Crippen LogP contribution in [-0.4, -0.2) is 37.2 Å². The summed E-state index contributed by atoms with van der Waals surface area (Å²) >= 11 is 0. The number of rotatable bonds is 15. The van der Waals surface area contributed by atoms with Crippen molar-refractivity contribution < 1.29 is 29.0 Å². The van der Waals surface area contributed by atoms with Gasteiger partial charge in [-0.1, -0.05) is 58.0 Å². The number of ether oxygens (including phenoxy) is 2. The molecule has 0 aliphatic heterocycles. The lowest BCUT2D eigenvalue weighted by Gasteiger charge is -2.52. The summed E-state index contributed by atoms with van der Waals surface area (Å²) in [4.78, 5) is 37.0. The maximum Gasteiger partial charge on any atom is 0.312 e. The lowest BCUT2D eigenvalue weighted by Crippen LogP contribution is -2.52. The highest BCUT2D eigenvalue weighted by atomic mass is 16.5. The Labute approximate surface area is 239 Å². The second-order valence-electron chi connectivity index (χ2n) is 12.7. The van der Waals surface area contributed by atoms with Crippen LogP contribution < -0.4 is 0 Å². The van der Waals surface area contributed by atoms with E-state index in [9.17, 15) is 30.0 Å². The highest BCUT2D eigenvalue weighted by Gasteiger charge is 2.58. The molecule has 1 N–H and O–H groups in total. The number of esters is 2. The molecule has 0 aliphatic rings. The summed E-state index contributed by atoms with van der Waals surface area (Å²) < 4.78 is 10.1. The third kappa shape index (κ3) is 7.22. The van der Waals surface area contributed by atoms with Crippen LogP contribution in [-0.2, 0) is 23.9 Å². The quantitative estimate of drug-likeness (QED) is 0.238. The van der Waals surface area contributed by atoms with Crippen LogP contribution in [0.1, 0.15) is 98.5 Å². The molecule has 0 saturated carbocycles. The van der Waals surface area contributed by atoms with Gasteiger partial charge < -0.3 is 14.6 Å². The van der Waals surface area contributed by atoms with E-state index < -0.39 is 39.0 Å². The largest absolute Gasteiger partial charge is 0.481 e. The van der Waals surface area contributed by atoms with Crippen molar-refractivity contribution in [1.82, 2.24) is 0 Å². The van der Waals surface area contributed by atoms with E-state index in [1.165, 1.54) is 14.2 Å². The molecule has 220 valence electrons. The van der Waals surface area contributed by atoms with Gasteiger partial charge in [-0.25, -0.2) is 0 Å². The maximum absolute atomic E-state index is 13.6. The number of carbonyl (C=O) groups excluding carboxylic acids is 2. The van der Waals surface area contributed by atoms with E-state index >= 15 is 0 Å². The standard InChI is InChI=1S/C32H46N2O6/c1-28(2,30(5,21-33)18-16-26(37)39-8)19-24(23-13-11-10-12-14-23)20-32(7,27(38)40-9)29(3,4)31(6,22-34)17-15-25(35)36/h10-14,24H,15-20H2,1-9H3,(H,35,36). The van der Waals surface area contributed by atoms with E-state index in [0.717, 1.165) is 5.56 Å². The third-order valence-electron chi connectivity index (χ3n) is 9.96. The van der Waals surface area contributed by atoms with Crippen LogP contribution in [0.4, 0.5) is 0 Å². The SMILES string of the molecule is COC(=O)CCC(C)(C#N)C(C)(C)CC(CC(C)(C(=O)OC)C(C)(C)C(C)(C#N)CCC(=O)O)c1ccccc1. The summed E-state index contributed by atoms with van der Waals surface area (Å²) in [5.41, 5.74) is -3.87. The number of carboxylic acids is 1. The van der Waals surface area contributed by atoms with Crippen LogP contribution in [0.5, 0.6) is 0 Å². The topological polar surface area (TPSA) is 137 Å². The molecule has 0 heterocycles. The molecule has 0 fully saturated rings. The number of nitrogens with zero attached hydrogens (tertiary/aromatic N) is 2. The van der Waals surface area contributed by atoms with E-state index in [1.807, 2.05) is 65.0 Å². The molecule has 4 atom stereocenters. The lowest BCUT2D eigenvalue weighted by atomic mass is 9.49. The predicted octanol–water partition coefficient (Wildman–Crippen LogP) is 6.66. The van der Waals surface area contributed by atoms with Gasteiger partial charge in [0.15, 0.2) is 0 Å². The molecule has 0 amide bonds. The first-order valence-corrected chi connectivity index (χ1v) is 13.6. The summed E-state index contributed by atoms with van der Waals surface area (Å²) in [6.07, 6.45) is 1.08. The van der Waals surface area contributed by atoms with Gasteiger partial charge in [0.2, 0.25) is 0 Å². The van der Waals surface area contributed by atoms with Crippen LogP contribution in [0.3, 0.4) is 0 Å². The minimum Gasteiger partial charge on any atom is -0.481 e. The zero-order chi connectivity index (χ0) is 31.0. The van der Waals surface area contributed by atoms with Gasteiger partial charge in [0.1, 0.15) is 0 Å². The summed E-state index contributed by atoms with van der Waals surface area (Å²) in [6, 6.07) is 14.5. The van der Waals surface area contributed by atoms with Crippen LogP contribution in [0.15, 0.2) is 30.3 Å². The van der Waals surface area contributed by atoms with Crippen LogP contribution in [0.25, 0.3) is 0 Å². The fourth-order valence-corrected chi connectivity index (χ4v) is 5.66. The molecular formula is C32H46N2O6. The molecule has 40 heavy (non-hydrogen) atoms. The minimum atomic E-state index is -1.20. The van der Waals surface area contributed by atoms with Crippen molar-refractivity contribution in [2.24, 2.45) is 27.1 Å². The van der Waals surface area contributed by atoms with Gasteiger partial charge in [-0.2, -0.15) is 10.5 Å². The van der Waals surface area contributed by atoms with Crippen molar-refractivity contribution in [1.29, 1.82) is 10.5 Å². The number of carbonyl (C=O) groups is 3. The number of methoxy groups -OCH3 is 2. The number of hydrogen-bond acceptors (Lipinski definition) is 7. The molecule has 1 aromatic rings. The van der Waals surface area contributed by atoms with Crippen LogP contribution >= 0.6 is 0 Å². The van der Waals surface area contributed by atoms with Gasteiger partial charge >= 0.3 is 17.9 Å². The summed E-state index contributed by atoms with van der Waals surface area (Å²) in [5, 5.41) is 29.9. The summed E-state index contributed by atoms with van der Waals surface area (Å²) in [6.45, 7) is 13.0. The Morgan fingerprint density at radius 1 is 0.825 bits per heavy atom. The molecule has 8 nitrogen and oxygen atoms in total. The summed E-state index contributed by atoms with van der Waals surface area (Å²) in [5.74, 6) is -2.10. The molecule has 0 radical (unpaired) electrons. The van der Waals surface area contributed by atoms with Gasteiger partial charge in [-0.3, -0.25) is 14.4 Å². The molecule has 1 rings (SSSR count). The van der Waals surface area contributed by atoms with Crippen molar-refractivity contribution in [3.8, 4) is 12.1 Å². The van der Waals surface area contributed by atoms with Crippen molar-refractivity contribution in [3.63, 3.8) is 0 Å².